The van der Waals surface area contributed by atoms with E-state index in [1.54, 1.807) is 7.11 Å². The number of methoxy groups -OCH3 is 1. The van der Waals surface area contributed by atoms with Gasteiger partial charge in [-0.1, -0.05) is 12.5 Å². The number of nitrogens with one attached hydrogen (secondary N) is 1. The van der Waals surface area contributed by atoms with E-state index in [1.165, 1.54) is 31.2 Å². The Morgan fingerprint density at radius 3 is 2.76 bits per heavy atom. The highest BCUT2D eigenvalue weighted by atomic mass is 16.5. The molecule has 1 aromatic carbocycles. The maximum Gasteiger partial charge on any atom is 0.142 e. The second-order valence-electron chi connectivity index (χ2n) is 5.63. The van der Waals surface area contributed by atoms with Crippen molar-refractivity contribution in [2.24, 2.45) is 11.8 Å². The van der Waals surface area contributed by atoms with Crippen LogP contribution < -0.4 is 10.1 Å². The topological polar surface area (TPSA) is 21.3 Å². The molecule has 0 spiro atoms. The summed E-state index contributed by atoms with van der Waals surface area (Å²) in [7, 11) is 1.75. The van der Waals surface area contributed by atoms with Gasteiger partial charge in [0.15, 0.2) is 0 Å². The predicted molar refractivity (Wildman–Crippen MR) is 70.6 cm³/mol. The molecular formula is C15H21NO. The first-order chi connectivity index (χ1) is 8.26. The monoisotopic (exact) mass is 231 g/mol. The van der Waals surface area contributed by atoms with Crippen molar-refractivity contribution >= 4 is 5.69 Å². The second kappa shape index (κ2) is 4.25. The molecular weight excluding hydrogens is 210 g/mol. The lowest BCUT2D eigenvalue weighted by Gasteiger charge is -2.25. The molecule has 3 rings (SSSR count). The van der Waals surface area contributed by atoms with Crippen LogP contribution >= 0.6 is 0 Å². The number of rotatable bonds is 3. The molecule has 17 heavy (non-hydrogen) atoms. The highest BCUT2D eigenvalue weighted by Crippen LogP contribution is 2.46. The summed E-state index contributed by atoms with van der Waals surface area (Å²) in [6, 6.07) is 7.08. The Bertz CT molecular complexity index is 415. The second-order valence-corrected chi connectivity index (χ2v) is 5.63. The fourth-order valence-corrected chi connectivity index (χ4v) is 3.54. The smallest absolute Gasteiger partial charge is 0.142 e. The Hall–Kier alpha value is -1.18. The fourth-order valence-electron chi connectivity index (χ4n) is 3.54. The molecule has 0 aromatic heterocycles. The minimum absolute atomic E-state index is 0.672. The highest BCUT2D eigenvalue weighted by molar-refractivity contribution is 5.58. The van der Waals surface area contributed by atoms with E-state index >= 15 is 0 Å². The molecule has 2 fully saturated rings. The summed E-state index contributed by atoms with van der Waals surface area (Å²) < 4.78 is 5.45. The van der Waals surface area contributed by atoms with Crippen molar-refractivity contribution in [1.29, 1.82) is 0 Å². The lowest BCUT2D eigenvalue weighted by Crippen LogP contribution is -2.26. The van der Waals surface area contributed by atoms with E-state index in [1.807, 2.05) is 0 Å². The van der Waals surface area contributed by atoms with Crippen molar-refractivity contribution in [3.05, 3.63) is 23.8 Å². The maximum atomic E-state index is 5.45. The summed E-state index contributed by atoms with van der Waals surface area (Å²) in [6.45, 7) is 2.10. The van der Waals surface area contributed by atoms with Crippen LogP contribution in [0.5, 0.6) is 5.75 Å². The Balaban J connectivity index is 1.76. The van der Waals surface area contributed by atoms with Crippen LogP contribution in [0.15, 0.2) is 18.2 Å². The third-order valence-electron chi connectivity index (χ3n) is 4.44. The molecule has 2 bridgehead atoms. The van der Waals surface area contributed by atoms with Crippen LogP contribution in [0.1, 0.15) is 31.2 Å². The average molecular weight is 231 g/mol. The Labute approximate surface area is 103 Å². The summed E-state index contributed by atoms with van der Waals surface area (Å²) in [5, 5.41) is 3.69. The van der Waals surface area contributed by atoms with Crippen LogP contribution in [-0.4, -0.2) is 13.2 Å². The molecule has 2 nitrogen and oxygen atoms in total. The summed E-state index contributed by atoms with van der Waals surface area (Å²) in [4.78, 5) is 0. The molecule has 2 aliphatic rings. The van der Waals surface area contributed by atoms with Gasteiger partial charge in [0, 0.05) is 6.04 Å². The molecule has 2 saturated carbocycles. The molecule has 0 saturated heterocycles. The minimum atomic E-state index is 0.672. The molecule has 3 atom stereocenters. The van der Waals surface area contributed by atoms with Gasteiger partial charge in [-0.05, 0) is 55.7 Å². The zero-order valence-corrected chi connectivity index (χ0v) is 10.7. The van der Waals surface area contributed by atoms with E-state index in [0.717, 1.165) is 23.3 Å². The number of anilines is 1. The summed E-state index contributed by atoms with van der Waals surface area (Å²) in [5.74, 6) is 2.85. The maximum absolute atomic E-state index is 5.45. The van der Waals surface area contributed by atoms with Crippen LogP contribution in [0, 0.1) is 18.8 Å². The van der Waals surface area contributed by atoms with Gasteiger partial charge in [-0.15, -0.1) is 0 Å². The molecule has 3 unspecified atom stereocenters. The standard InChI is InChI=1S/C15H21NO/c1-10-3-6-13(15(7-10)17-2)16-14-9-11-4-5-12(14)8-11/h3,6-7,11-12,14,16H,4-5,8-9H2,1-2H3. The fraction of sp³-hybridized carbons (Fsp3) is 0.600. The van der Waals surface area contributed by atoms with Crippen LogP contribution in [0.2, 0.25) is 0 Å². The Morgan fingerprint density at radius 1 is 1.24 bits per heavy atom. The first kappa shape index (κ1) is 10.9. The highest BCUT2D eigenvalue weighted by Gasteiger charge is 2.39. The quantitative estimate of drug-likeness (QED) is 0.858. The van der Waals surface area contributed by atoms with Crippen LogP contribution in [0.25, 0.3) is 0 Å². The van der Waals surface area contributed by atoms with Crippen molar-refractivity contribution in [2.45, 2.75) is 38.6 Å². The van der Waals surface area contributed by atoms with E-state index in [4.69, 9.17) is 4.74 Å². The number of ether oxygens (including phenoxy) is 1. The van der Waals surface area contributed by atoms with Gasteiger partial charge in [0.25, 0.3) is 0 Å². The van der Waals surface area contributed by atoms with E-state index in [-0.39, 0.29) is 0 Å². The van der Waals surface area contributed by atoms with Crippen molar-refractivity contribution in [1.82, 2.24) is 0 Å². The molecule has 1 N–H and O–H groups in total. The predicted octanol–water partition coefficient (Wildman–Crippen LogP) is 3.60. The third kappa shape index (κ3) is 2.01. The molecule has 0 amide bonds. The van der Waals surface area contributed by atoms with E-state index in [9.17, 15) is 0 Å². The zero-order valence-electron chi connectivity index (χ0n) is 10.7. The van der Waals surface area contributed by atoms with Gasteiger partial charge < -0.3 is 10.1 Å². The third-order valence-corrected chi connectivity index (χ3v) is 4.44. The van der Waals surface area contributed by atoms with Crippen molar-refractivity contribution < 1.29 is 4.74 Å². The minimum Gasteiger partial charge on any atom is -0.495 e. The Morgan fingerprint density at radius 2 is 2.12 bits per heavy atom. The van der Waals surface area contributed by atoms with Gasteiger partial charge in [0.1, 0.15) is 5.75 Å². The summed E-state index contributed by atoms with van der Waals surface area (Å²) in [6.07, 6.45) is 5.65. The van der Waals surface area contributed by atoms with Gasteiger partial charge in [0.05, 0.1) is 12.8 Å². The molecule has 0 aliphatic heterocycles. The Kier molecular flexibility index (Phi) is 2.73. The number of hydrogen-bond acceptors (Lipinski definition) is 2. The number of aryl methyl sites for hydroxylation is 1. The van der Waals surface area contributed by atoms with Crippen LogP contribution in [0.4, 0.5) is 5.69 Å². The molecule has 2 aliphatic carbocycles. The largest absolute Gasteiger partial charge is 0.495 e. The van der Waals surface area contributed by atoms with E-state index < -0.39 is 0 Å². The van der Waals surface area contributed by atoms with Crippen molar-refractivity contribution in [3.63, 3.8) is 0 Å². The van der Waals surface area contributed by atoms with Crippen LogP contribution in [0.3, 0.4) is 0 Å². The van der Waals surface area contributed by atoms with Crippen molar-refractivity contribution in [2.75, 3.05) is 12.4 Å². The summed E-state index contributed by atoms with van der Waals surface area (Å²) >= 11 is 0. The lowest BCUT2D eigenvalue weighted by molar-refractivity contribution is 0.410. The first-order valence-electron chi connectivity index (χ1n) is 6.67. The SMILES string of the molecule is COc1cc(C)ccc1NC1CC2CCC1C2. The number of benzene rings is 1. The number of hydrogen-bond donors (Lipinski definition) is 1. The number of fused-ring (bicyclic) bond motifs is 2. The average Bonchev–Trinajstić information content (AvgIpc) is 2.93. The van der Waals surface area contributed by atoms with E-state index in [2.05, 4.69) is 30.4 Å². The van der Waals surface area contributed by atoms with Gasteiger partial charge in [-0.3, -0.25) is 0 Å². The molecule has 0 heterocycles. The zero-order chi connectivity index (χ0) is 11.8. The van der Waals surface area contributed by atoms with E-state index in [0.29, 0.717) is 6.04 Å². The summed E-state index contributed by atoms with van der Waals surface area (Å²) in [5.41, 5.74) is 2.41. The first-order valence-corrected chi connectivity index (χ1v) is 6.67. The molecule has 1 aromatic rings. The van der Waals surface area contributed by atoms with Gasteiger partial charge in [-0.2, -0.15) is 0 Å². The molecule has 92 valence electrons. The lowest BCUT2D eigenvalue weighted by atomic mass is 9.95. The van der Waals surface area contributed by atoms with Gasteiger partial charge in [0.2, 0.25) is 0 Å². The van der Waals surface area contributed by atoms with Gasteiger partial charge in [-0.25, -0.2) is 0 Å². The molecule has 2 heteroatoms. The normalized spacial score (nSPS) is 30.6. The van der Waals surface area contributed by atoms with Crippen molar-refractivity contribution in [3.8, 4) is 5.75 Å². The van der Waals surface area contributed by atoms with Gasteiger partial charge >= 0.3 is 0 Å². The van der Waals surface area contributed by atoms with Crippen LogP contribution in [-0.2, 0) is 0 Å². The molecule has 0 radical (unpaired) electrons.